The zero-order valence-corrected chi connectivity index (χ0v) is 15.6. The van der Waals surface area contributed by atoms with Gasteiger partial charge in [0.2, 0.25) is 0 Å². The van der Waals surface area contributed by atoms with Crippen molar-refractivity contribution in [2.75, 3.05) is 19.8 Å². The molecular formula is C16H23Br2NO2. The van der Waals surface area contributed by atoms with Crippen LogP contribution in [0.3, 0.4) is 0 Å². The van der Waals surface area contributed by atoms with E-state index in [0.29, 0.717) is 12.7 Å². The number of ether oxygens (including phenoxy) is 2. The van der Waals surface area contributed by atoms with Crippen LogP contribution in [0.2, 0.25) is 0 Å². The van der Waals surface area contributed by atoms with Crippen LogP contribution >= 0.6 is 31.9 Å². The summed E-state index contributed by atoms with van der Waals surface area (Å²) in [5, 5.41) is 3.43. The minimum Gasteiger partial charge on any atom is -0.492 e. The quantitative estimate of drug-likeness (QED) is 0.620. The first-order chi connectivity index (χ1) is 10.2. The maximum Gasteiger partial charge on any atom is 0.138 e. The van der Waals surface area contributed by atoms with Gasteiger partial charge in [0, 0.05) is 23.1 Å². The Labute approximate surface area is 144 Å². The van der Waals surface area contributed by atoms with Crippen molar-refractivity contribution in [3.63, 3.8) is 0 Å². The molecule has 2 rings (SSSR count). The lowest BCUT2D eigenvalue weighted by atomic mass is 10.2. The molecule has 1 aromatic carbocycles. The van der Waals surface area contributed by atoms with Gasteiger partial charge < -0.3 is 14.8 Å². The van der Waals surface area contributed by atoms with Crippen molar-refractivity contribution in [1.82, 2.24) is 5.32 Å². The molecule has 118 valence electrons. The summed E-state index contributed by atoms with van der Waals surface area (Å²) in [4.78, 5) is 0. The Morgan fingerprint density at radius 1 is 1.24 bits per heavy atom. The Kier molecular flexibility index (Phi) is 7.50. The summed E-state index contributed by atoms with van der Waals surface area (Å²) in [6.45, 7) is 5.09. The second kappa shape index (κ2) is 9.13. The SMILES string of the molecule is CCOc1c(Br)cc(Br)cc1CNCCOC1CCCC1. The smallest absolute Gasteiger partial charge is 0.138 e. The first-order valence-corrected chi connectivity index (χ1v) is 9.22. The van der Waals surface area contributed by atoms with E-state index >= 15 is 0 Å². The van der Waals surface area contributed by atoms with E-state index in [4.69, 9.17) is 9.47 Å². The average Bonchev–Trinajstić information content (AvgIpc) is 2.95. The zero-order valence-electron chi connectivity index (χ0n) is 12.5. The Bertz CT molecular complexity index is 448. The van der Waals surface area contributed by atoms with Gasteiger partial charge in [0.05, 0.1) is 23.8 Å². The van der Waals surface area contributed by atoms with Crippen LogP contribution in [0, 0.1) is 0 Å². The average molecular weight is 421 g/mol. The molecule has 1 aliphatic rings. The van der Waals surface area contributed by atoms with Gasteiger partial charge in [0.25, 0.3) is 0 Å². The van der Waals surface area contributed by atoms with Gasteiger partial charge in [0.15, 0.2) is 0 Å². The zero-order chi connectivity index (χ0) is 15.1. The van der Waals surface area contributed by atoms with Crippen molar-refractivity contribution in [3.05, 3.63) is 26.6 Å². The molecule has 0 bridgehead atoms. The summed E-state index contributed by atoms with van der Waals surface area (Å²) in [7, 11) is 0. The third-order valence-electron chi connectivity index (χ3n) is 3.62. The molecule has 0 radical (unpaired) electrons. The minimum atomic E-state index is 0.491. The monoisotopic (exact) mass is 419 g/mol. The number of nitrogens with one attached hydrogen (secondary N) is 1. The fraction of sp³-hybridized carbons (Fsp3) is 0.625. The van der Waals surface area contributed by atoms with Crippen LogP contribution in [0.5, 0.6) is 5.75 Å². The molecule has 0 heterocycles. The highest BCUT2D eigenvalue weighted by Gasteiger charge is 2.14. The van der Waals surface area contributed by atoms with E-state index in [1.165, 1.54) is 25.7 Å². The molecule has 0 spiro atoms. The largest absolute Gasteiger partial charge is 0.492 e. The Balaban J connectivity index is 1.78. The molecule has 0 unspecified atom stereocenters. The second-order valence-corrected chi connectivity index (χ2v) is 7.03. The molecule has 0 saturated heterocycles. The fourth-order valence-electron chi connectivity index (χ4n) is 2.63. The lowest BCUT2D eigenvalue weighted by molar-refractivity contribution is 0.0602. The molecule has 1 aliphatic carbocycles. The van der Waals surface area contributed by atoms with E-state index in [1.54, 1.807) is 0 Å². The van der Waals surface area contributed by atoms with Gasteiger partial charge in [-0.25, -0.2) is 0 Å². The molecular weight excluding hydrogens is 398 g/mol. The predicted molar refractivity (Wildman–Crippen MR) is 92.9 cm³/mol. The third kappa shape index (κ3) is 5.55. The number of halogens is 2. The van der Waals surface area contributed by atoms with E-state index in [0.717, 1.165) is 40.0 Å². The summed E-state index contributed by atoms with van der Waals surface area (Å²) in [5.41, 5.74) is 1.15. The maximum absolute atomic E-state index is 5.85. The summed E-state index contributed by atoms with van der Waals surface area (Å²) >= 11 is 7.09. The van der Waals surface area contributed by atoms with Crippen LogP contribution < -0.4 is 10.1 Å². The van der Waals surface area contributed by atoms with Gasteiger partial charge in [-0.15, -0.1) is 0 Å². The Morgan fingerprint density at radius 3 is 2.71 bits per heavy atom. The maximum atomic E-state index is 5.85. The van der Waals surface area contributed by atoms with Crippen molar-refractivity contribution >= 4 is 31.9 Å². The molecule has 21 heavy (non-hydrogen) atoms. The second-order valence-electron chi connectivity index (χ2n) is 5.26. The van der Waals surface area contributed by atoms with Crippen molar-refractivity contribution < 1.29 is 9.47 Å². The van der Waals surface area contributed by atoms with E-state index in [1.807, 2.05) is 13.0 Å². The Hall–Kier alpha value is -0.100. The van der Waals surface area contributed by atoms with Gasteiger partial charge in [-0.3, -0.25) is 0 Å². The van der Waals surface area contributed by atoms with Gasteiger partial charge in [-0.2, -0.15) is 0 Å². The lowest BCUT2D eigenvalue weighted by Crippen LogP contribution is -2.22. The lowest BCUT2D eigenvalue weighted by Gasteiger charge is -2.15. The van der Waals surface area contributed by atoms with Crippen LogP contribution in [0.1, 0.15) is 38.2 Å². The topological polar surface area (TPSA) is 30.5 Å². The van der Waals surface area contributed by atoms with Crippen molar-refractivity contribution in [1.29, 1.82) is 0 Å². The van der Waals surface area contributed by atoms with Gasteiger partial charge in [-0.1, -0.05) is 28.8 Å². The highest BCUT2D eigenvalue weighted by atomic mass is 79.9. The van der Waals surface area contributed by atoms with E-state index in [-0.39, 0.29) is 0 Å². The molecule has 1 aromatic rings. The molecule has 1 saturated carbocycles. The molecule has 0 aromatic heterocycles. The summed E-state index contributed by atoms with van der Waals surface area (Å²) in [6.07, 6.45) is 5.59. The van der Waals surface area contributed by atoms with Crippen LogP contribution in [-0.4, -0.2) is 25.9 Å². The number of hydrogen-bond donors (Lipinski definition) is 1. The van der Waals surface area contributed by atoms with Gasteiger partial charge in [-0.05, 0) is 47.8 Å². The summed E-state index contributed by atoms with van der Waals surface area (Å²) in [5.74, 6) is 0.921. The van der Waals surface area contributed by atoms with Crippen LogP contribution in [0.4, 0.5) is 0 Å². The van der Waals surface area contributed by atoms with Crippen molar-refractivity contribution in [2.24, 2.45) is 0 Å². The van der Waals surface area contributed by atoms with Crippen LogP contribution in [0.15, 0.2) is 21.1 Å². The van der Waals surface area contributed by atoms with Crippen LogP contribution in [0.25, 0.3) is 0 Å². The highest BCUT2D eigenvalue weighted by molar-refractivity contribution is 9.11. The van der Waals surface area contributed by atoms with Crippen LogP contribution in [-0.2, 0) is 11.3 Å². The van der Waals surface area contributed by atoms with Gasteiger partial charge >= 0.3 is 0 Å². The molecule has 0 atom stereocenters. The third-order valence-corrected chi connectivity index (χ3v) is 4.67. The number of benzene rings is 1. The Morgan fingerprint density at radius 2 is 2.00 bits per heavy atom. The first-order valence-electron chi connectivity index (χ1n) is 7.63. The molecule has 1 fully saturated rings. The molecule has 0 aliphatic heterocycles. The van der Waals surface area contributed by atoms with Gasteiger partial charge in [0.1, 0.15) is 5.75 Å². The van der Waals surface area contributed by atoms with E-state index in [2.05, 4.69) is 43.2 Å². The highest BCUT2D eigenvalue weighted by Crippen LogP contribution is 2.32. The normalized spacial score (nSPS) is 15.6. The molecule has 5 heteroatoms. The predicted octanol–water partition coefficient (Wildman–Crippen LogP) is 4.66. The standard InChI is InChI=1S/C16H23Br2NO2/c1-2-20-16-12(9-13(17)10-15(16)18)11-19-7-8-21-14-5-3-4-6-14/h9-10,14,19H,2-8,11H2,1H3. The summed E-state index contributed by atoms with van der Waals surface area (Å²) in [6, 6.07) is 4.11. The van der Waals surface area contributed by atoms with Crippen molar-refractivity contribution in [2.45, 2.75) is 45.3 Å². The number of rotatable bonds is 8. The number of hydrogen-bond acceptors (Lipinski definition) is 3. The van der Waals surface area contributed by atoms with E-state index in [9.17, 15) is 0 Å². The van der Waals surface area contributed by atoms with E-state index < -0.39 is 0 Å². The molecule has 3 nitrogen and oxygen atoms in total. The molecule has 0 amide bonds. The fourth-order valence-corrected chi connectivity index (χ4v) is 4.05. The first kappa shape index (κ1) is 17.3. The van der Waals surface area contributed by atoms with Crippen molar-refractivity contribution in [3.8, 4) is 5.75 Å². The molecule has 1 N–H and O–H groups in total. The summed E-state index contributed by atoms with van der Waals surface area (Å²) < 4.78 is 13.6. The minimum absolute atomic E-state index is 0.491.